The molecule has 1 aliphatic rings. The van der Waals surface area contributed by atoms with E-state index in [1.165, 1.54) is 5.57 Å². The summed E-state index contributed by atoms with van der Waals surface area (Å²) in [6, 6.07) is 0. The van der Waals surface area contributed by atoms with Crippen LogP contribution in [0.2, 0.25) is 0 Å². The summed E-state index contributed by atoms with van der Waals surface area (Å²) in [5.74, 6) is 1.35. The van der Waals surface area contributed by atoms with Gasteiger partial charge >= 0.3 is 0 Å². The zero-order chi connectivity index (χ0) is 8.43. The van der Waals surface area contributed by atoms with Crippen LogP contribution in [-0.4, -0.2) is 6.29 Å². The summed E-state index contributed by atoms with van der Waals surface area (Å²) in [7, 11) is 0. The number of aldehydes is 1. The topological polar surface area (TPSA) is 17.1 Å². The Bertz CT molecular complexity index is 181. The maximum absolute atomic E-state index is 10.6. The molecule has 1 heteroatoms. The minimum Gasteiger partial charge on any atom is -0.303 e. The predicted octanol–water partition coefficient (Wildman–Crippen LogP) is 2.42. The number of carbonyl (C=O) groups is 1. The van der Waals surface area contributed by atoms with E-state index in [0.29, 0.717) is 11.8 Å². The number of allylic oxidation sites excluding steroid dienone is 2. The fourth-order valence-electron chi connectivity index (χ4n) is 1.79. The van der Waals surface area contributed by atoms with Gasteiger partial charge in [-0.2, -0.15) is 0 Å². The average molecular weight is 152 g/mol. The molecule has 0 aromatic rings. The van der Waals surface area contributed by atoms with E-state index < -0.39 is 0 Å². The Kier molecular flexibility index (Phi) is 2.48. The Morgan fingerprint density at radius 1 is 1.55 bits per heavy atom. The van der Waals surface area contributed by atoms with E-state index in [-0.39, 0.29) is 5.92 Å². The van der Waals surface area contributed by atoms with Crippen LogP contribution in [0.4, 0.5) is 0 Å². The molecule has 0 aromatic carbocycles. The molecule has 1 aliphatic carbocycles. The molecule has 0 N–H and O–H groups in total. The molecule has 0 saturated carbocycles. The summed E-state index contributed by atoms with van der Waals surface area (Å²) in [4.78, 5) is 10.6. The molecule has 0 spiro atoms. The third-order valence-corrected chi connectivity index (χ3v) is 2.78. The standard InChI is InChI=1S/C10H16O/c1-7-4-8(2)9(3)10(5-7)6-11/h4,6,8-10H,5H2,1-3H3/t8-,9-,10+/m0/s1. The molecule has 1 rings (SSSR count). The van der Waals surface area contributed by atoms with Gasteiger partial charge in [0, 0.05) is 5.92 Å². The summed E-state index contributed by atoms with van der Waals surface area (Å²) in [5.41, 5.74) is 1.37. The normalized spacial score (nSPS) is 38.1. The molecule has 0 saturated heterocycles. The molecule has 0 bridgehead atoms. The highest BCUT2D eigenvalue weighted by Crippen LogP contribution is 2.31. The largest absolute Gasteiger partial charge is 0.303 e. The first-order valence-corrected chi connectivity index (χ1v) is 4.27. The quantitative estimate of drug-likeness (QED) is 0.416. The summed E-state index contributed by atoms with van der Waals surface area (Å²) in [6.45, 7) is 6.45. The van der Waals surface area contributed by atoms with Gasteiger partial charge in [-0.15, -0.1) is 0 Å². The Hall–Kier alpha value is -0.590. The minimum atomic E-state index is 0.259. The molecular formula is C10H16O. The molecule has 11 heavy (non-hydrogen) atoms. The van der Waals surface area contributed by atoms with Crippen molar-refractivity contribution in [2.24, 2.45) is 17.8 Å². The van der Waals surface area contributed by atoms with Gasteiger partial charge < -0.3 is 4.79 Å². The van der Waals surface area contributed by atoms with Crippen molar-refractivity contribution < 1.29 is 4.79 Å². The summed E-state index contributed by atoms with van der Waals surface area (Å²) < 4.78 is 0. The fourth-order valence-corrected chi connectivity index (χ4v) is 1.79. The fraction of sp³-hybridized carbons (Fsp3) is 0.700. The van der Waals surface area contributed by atoms with E-state index in [2.05, 4.69) is 26.8 Å². The third-order valence-electron chi connectivity index (χ3n) is 2.78. The molecule has 0 fully saturated rings. The molecule has 0 radical (unpaired) electrons. The minimum absolute atomic E-state index is 0.259. The highest BCUT2D eigenvalue weighted by molar-refractivity contribution is 5.55. The number of carbonyl (C=O) groups excluding carboxylic acids is 1. The second-order valence-electron chi connectivity index (χ2n) is 3.74. The van der Waals surface area contributed by atoms with Gasteiger partial charge in [0.15, 0.2) is 0 Å². The molecule has 3 atom stereocenters. The van der Waals surface area contributed by atoms with Crippen molar-refractivity contribution in [3.63, 3.8) is 0 Å². The Labute approximate surface area is 68.5 Å². The SMILES string of the molecule is CC1=C[C@H](C)[C@H](C)[C@@H](C=O)C1. The Morgan fingerprint density at radius 3 is 2.73 bits per heavy atom. The molecule has 0 amide bonds. The highest BCUT2D eigenvalue weighted by atomic mass is 16.1. The van der Waals surface area contributed by atoms with Crippen LogP contribution in [-0.2, 0) is 4.79 Å². The second-order valence-corrected chi connectivity index (χ2v) is 3.74. The molecule has 0 aliphatic heterocycles. The van der Waals surface area contributed by atoms with Gasteiger partial charge in [0.25, 0.3) is 0 Å². The molecule has 62 valence electrons. The van der Waals surface area contributed by atoms with Crippen LogP contribution in [0.3, 0.4) is 0 Å². The maximum atomic E-state index is 10.6. The van der Waals surface area contributed by atoms with Crippen molar-refractivity contribution in [1.29, 1.82) is 0 Å². The van der Waals surface area contributed by atoms with Crippen LogP contribution in [0, 0.1) is 17.8 Å². The van der Waals surface area contributed by atoms with E-state index in [9.17, 15) is 4.79 Å². The van der Waals surface area contributed by atoms with E-state index in [1.54, 1.807) is 0 Å². The van der Waals surface area contributed by atoms with Crippen LogP contribution >= 0.6 is 0 Å². The van der Waals surface area contributed by atoms with Crippen LogP contribution < -0.4 is 0 Å². The first kappa shape index (κ1) is 8.51. The zero-order valence-corrected chi connectivity index (χ0v) is 7.50. The first-order chi connectivity index (χ1) is 5.15. The van der Waals surface area contributed by atoms with E-state index >= 15 is 0 Å². The Morgan fingerprint density at radius 2 is 2.18 bits per heavy atom. The number of hydrogen-bond donors (Lipinski definition) is 0. The summed E-state index contributed by atoms with van der Waals surface area (Å²) in [6.07, 6.45) is 4.36. The van der Waals surface area contributed by atoms with Gasteiger partial charge in [-0.1, -0.05) is 25.5 Å². The highest BCUT2D eigenvalue weighted by Gasteiger charge is 2.25. The van der Waals surface area contributed by atoms with Crippen molar-refractivity contribution in [3.8, 4) is 0 Å². The van der Waals surface area contributed by atoms with Gasteiger partial charge in [0.05, 0.1) is 0 Å². The lowest BCUT2D eigenvalue weighted by molar-refractivity contribution is -0.112. The van der Waals surface area contributed by atoms with Crippen LogP contribution in [0.5, 0.6) is 0 Å². The van der Waals surface area contributed by atoms with Gasteiger partial charge in [-0.3, -0.25) is 0 Å². The van der Waals surface area contributed by atoms with E-state index in [4.69, 9.17) is 0 Å². The maximum Gasteiger partial charge on any atom is 0.123 e. The average Bonchev–Trinajstić information content (AvgIpc) is 1.96. The first-order valence-electron chi connectivity index (χ1n) is 4.27. The molecule has 0 heterocycles. The van der Waals surface area contributed by atoms with Gasteiger partial charge in [0.1, 0.15) is 6.29 Å². The lowest BCUT2D eigenvalue weighted by atomic mass is 9.76. The van der Waals surface area contributed by atoms with Crippen LogP contribution in [0.1, 0.15) is 27.2 Å². The second kappa shape index (κ2) is 3.21. The van der Waals surface area contributed by atoms with Crippen molar-refractivity contribution >= 4 is 6.29 Å². The summed E-state index contributed by atoms with van der Waals surface area (Å²) in [5, 5.41) is 0. The monoisotopic (exact) mass is 152 g/mol. The van der Waals surface area contributed by atoms with Crippen molar-refractivity contribution in [2.75, 3.05) is 0 Å². The van der Waals surface area contributed by atoms with Crippen molar-refractivity contribution in [2.45, 2.75) is 27.2 Å². The lowest BCUT2D eigenvalue weighted by Gasteiger charge is -2.28. The zero-order valence-electron chi connectivity index (χ0n) is 7.50. The van der Waals surface area contributed by atoms with E-state index in [0.717, 1.165) is 12.7 Å². The smallest absolute Gasteiger partial charge is 0.123 e. The van der Waals surface area contributed by atoms with Gasteiger partial charge in [0.2, 0.25) is 0 Å². The van der Waals surface area contributed by atoms with Crippen molar-refractivity contribution in [3.05, 3.63) is 11.6 Å². The van der Waals surface area contributed by atoms with Gasteiger partial charge in [-0.05, 0) is 25.2 Å². The lowest BCUT2D eigenvalue weighted by Crippen LogP contribution is -2.23. The Balaban J connectivity index is 2.75. The number of rotatable bonds is 1. The molecular weight excluding hydrogens is 136 g/mol. The number of hydrogen-bond acceptors (Lipinski definition) is 1. The van der Waals surface area contributed by atoms with Crippen molar-refractivity contribution in [1.82, 2.24) is 0 Å². The van der Waals surface area contributed by atoms with Crippen LogP contribution in [0.15, 0.2) is 11.6 Å². The third kappa shape index (κ3) is 1.70. The predicted molar refractivity (Wildman–Crippen MR) is 46.3 cm³/mol. The molecule has 1 nitrogen and oxygen atoms in total. The molecule has 0 aromatic heterocycles. The van der Waals surface area contributed by atoms with E-state index in [1.807, 2.05) is 0 Å². The molecule has 0 unspecified atom stereocenters. The summed E-state index contributed by atoms with van der Waals surface area (Å²) >= 11 is 0. The van der Waals surface area contributed by atoms with Gasteiger partial charge in [-0.25, -0.2) is 0 Å². The van der Waals surface area contributed by atoms with Crippen LogP contribution in [0.25, 0.3) is 0 Å².